The maximum absolute atomic E-state index is 11.8. The third kappa shape index (κ3) is 6.82. The van der Waals surface area contributed by atoms with Gasteiger partial charge < -0.3 is 15.7 Å². The lowest BCUT2D eigenvalue weighted by Gasteiger charge is -2.12. The molecule has 0 aliphatic carbocycles. The molecule has 0 aliphatic rings. The van der Waals surface area contributed by atoms with Crippen molar-refractivity contribution in [3.8, 4) is 0 Å². The minimum Gasteiger partial charge on any atom is -0.396 e. The third-order valence-corrected chi connectivity index (χ3v) is 3.84. The average Bonchev–Trinajstić information content (AvgIpc) is 2.44. The highest BCUT2D eigenvalue weighted by atomic mass is 32.2. The van der Waals surface area contributed by atoms with Gasteiger partial charge in [0.1, 0.15) is 0 Å². The fraction of sp³-hybridized carbons (Fsp3) is 0.533. The van der Waals surface area contributed by atoms with Gasteiger partial charge in [0.05, 0.1) is 0 Å². The van der Waals surface area contributed by atoms with E-state index in [4.69, 9.17) is 5.11 Å². The number of carbonyl (C=O) groups is 1. The third-order valence-electron chi connectivity index (χ3n) is 2.89. The number of thioether (sulfide) groups is 1. The summed E-state index contributed by atoms with van der Waals surface area (Å²) in [4.78, 5) is 11.8. The molecule has 3 N–H and O–H groups in total. The number of anilines is 1. The van der Waals surface area contributed by atoms with Crippen LogP contribution in [0.15, 0.2) is 24.3 Å². The average molecular weight is 296 g/mol. The van der Waals surface area contributed by atoms with Crippen LogP contribution in [0.4, 0.5) is 10.5 Å². The number of urea groups is 1. The Morgan fingerprint density at radius 2 is 2.25 bits per heavy atom. The van der Waals surface area contributed by atoms with Gasteiger partial charge in [0.15, 0.2) is 0 Å². The summed E-state index contributed by atoms with van der Waals surface area (Å²) in [5, 5.41) is 14.5. The van der Waals surface area contributed by atoms with Gasteiger partial charge in [-0.25, -0.2) is 4.79 Å². The molecule has 0 aliphatic heterocycles. The summed E-state index contributed by atoms with van der Waals surface area (Å²) in [6.07, 6.45) is 0.698. The first-order valence-electron chi connectivity index (χ1n) is 6.98. The standard InChI is InChI=1S/C15H24N2O2S/c1-3-20-11-13-5-4-6-14(9-13)17-15(19)16-10-12(2)7-8-18/h4-6,9,12,18H,3,7-8,10-11H2,1-2H3,(H2,16,17,19). The lowest BCUT2D eigenvalue weighted by Crippen LogP contribution is -2.32. The molecule has 1 aromatic carbocycles. The van der Waals surface area contributed by atoms with Crippen molar-refractivity contribution in [3.63, 3.8) is 0 Å². The van der Waals surface area contributed by atoms with Crippen molar-refractivity contribution in [1.29, 1.82) is 0 Å². The van der Waals surface area contributed by atoms with E-state index in [2.05, 4.69) is 23.6 Å². The van der Waals surface area contributed by atoms with Gasteiger partial charge in [0.25, 0.3) is 0 Å². The second kappa shape index (κ2) is 9.66. The van der Waals surface area contributed by atoms with Crippen molar-refractivity contribution < 1.29 is 9.90 Å². The molecule has 20 heavy (non-hydrogen) atoms. The van der Waals surface area contributed by atoms with Gasteiger partial charge in [-0.15, -0.1) is 0 Å². The van der Waals surface area contributed by atoms with Crippen LogP contribution in [-0.2, 0) is 5.75 Å². The van der Waals surface area contributed by atoms with Crippen molar-refractivity contribution in [3.05, 3.63) is 29.8 Å². The lowest BCUT2D eigenvalue weighted by molar-refractivity contribution is 0.243. The minimum absolute atomic E-state index is 0.154. The van der Waals surface area contributed by atoms with Crippen LogP contribution < -0.4 is 10.6 Å². The Labute approximate surface area is 125 Å². The fourth-order valence-electron chi connectivity index (χ4n) is 1.72. The number of amides is 2. The van der Waals surface area contributed by atoms with Gasteiger partial charge in [-0.3, -0.25) is 0 Å². The first kappa shape index (κ1) is 16.9. The van der Waals surface area contributed by atoms with Crippen molar-refractivity contribution in [2.45, 2.75) is 26.0 Å². The Morgan fingerprint density at radius 1 is 1.45 bits per heavy atom. The van der Waals surface area contributed by atoms with Crippen LogP contribution >= 0.6 is 11.8 Å². The van der Waals surface area contributed by atoms with Crippen LogP contribution in [0.5, 0.6) is 0 Å². The van der Waals surface area contributed by atoms with E-state index in [1.165, 1.54) is 5.56 Å². The molecule has 5 heteroatoms. The molecule has 0 saturated heterocycles. The number of hydrogen-bond donors (Lipinski definition) is 3. The largest absolute Gasteiger partial charge is 0.396 e. The number of hydrogen-bond acceptors (Lipinski definition) is 3. The zero-order valence-electron chi connectivity index (χ0n) is 12.2. The second-order valence-corrected chi connectivity index (χ2v) is 6.06. The highest BCUT2D eigenvalue weighted by molar-refractivity contribution is 7.98. The fourth-order valence-corrected chi connectivity index (χ4v) is 2.34. The highest BCUT2D eigenvalue weighted by Gasteiger charge is 2.05. The summed E-state index contributed by atoms with van der Waals surface area (Å²) in [7, 11) is 0. The molecular weight excluding hydrogens is 272 g/mol. The molecule has 1 aromatic rings. The predicted octanol–water partition coefficient (Wildman–Crippen LogP) is 3.08. The number of nitrogens with one attached hydrogen (secondary N) is 2. The lowest BCUT2D eigenvalue weighted by atomic mass is 10.1. The summed E-state index contributed by atoms with van der Waals surface area (Å²) >= 11 is 1.86. The molecule has 0 heterocycles. The number of aliphatic hydroxyl groups is 1. The van der Waals surface area contributed by atoms with E-state index >= 15 is 0 Å². The van der Waals surface area contributed by atoms with E-state index in [0.717, 1.165) is 17.2 Å². The van der Waals surface area contributed by atoms with Gasteiger partial charge in [0, 0.05) is 24.6 Å². The Kier molecular flexibility index (Phi) is 8.14. The molecule has 112 valence electrons. The Hall–Kier alpha value is -1.20. The van der Waals surface area contributed by atoms with Gasteiger partial charge >= 0.3 is 6.03 Å². The quantitative estimate of drug-likeness (QED) is 0.691. The van der Waals surface area contributed by atoms with E-state index < -0.39 is 0 Å². The SMILES string of the molecule is CCSCc1cccc(NC(=O)NCC(C)CCO)c1. The van der Waals surface area contributed by atoms with Gasteiger partial charge in [0.2, 0.25) is 0 Å². The molecule has 0 spiro atoms. The molecule has 1 atom stereocenters. The molecule has 0 fully saturated rings. The van der Waals surface area contributed by atoms with Crippen LogP contribution in [0.1, 0.15) is 25.8 Å². The van der Waals surface area contributed by atoms with Crippen molar-refractivity contribution in [1.82, 2.24) is 5.32 Å². The molecule has 4 nitrogen and oxygen atoms in total. The smallest absolute Gasteiger partial charge is 0.319 e. The van der Waals surface area contributed by atoms with Gasteiger partial charge in [-0.2, -0.15) is 11.8 Å². The van der Waals surface area contributed by atoms with Crippen LogP contribution in [-0.4, -0.2) is 30.0 Å². The van der Waals surface area contributed by atoms with Crippen molar-refractivity contribution in [2.75, 3.05) is 24.2 Å². The molecule has 0 saturated carbocycles. The molecule has 0 radical (unpaired) electrons. The van der Waals surface area contributed by atoms with E-state index in [1.54, 1.807) is 0 Å². The van der Waals surface area contributed by atoms with E-state index in [1.807, 2.05) is 36.9 Å². The number of aliphatic hydroxyl groups excluding tert-OH is 1. The highest BCUT2D eigenvalue weighted by Crippen LogP contribution is 2.16. The zero-order valence-corrected chi connectivity index (χ0v) is 13.0. The van der Waals surface area contributed by atoms with Crippen LogP contribution in [0.2, 0.25) is 0 Å². The molecule has 2 amide bonds. The molecule has 0 aromatic heterocycles. The van der Waals surface area contributed by atoms with Gasteiger partial charge in [-0.1, -0.05) is 26.0 Å². The van der Waals surface area contributed by atoms with Crippen molar-refractivity contribution >= 4 is 23.5 Å². The number of benzene rings is 1. The van der Waals surface area contributed by atoms with Crippen LogP contribution in [0.25, 0.3) is 0 Å². The van der Waals surface area contributed by atoms with Gasteiger partial charge in [-0.05, 0) is 35.8 Å². The first-order valence-corrected chi connectivity index (χ1v) is 8.13. The zero-order chi connectivity index (χ0) is 14.8. The Bertz CT molecular complexity index is 413. The monoisotopic (exact) mass is 296 g/mol. The van der Waals surface area contributed by atoms with E-state index in [-0.39, 0.29) is 18.6 Å². The molecule has 1 rings (SSSR count). The normalized spacial score (nSPS) is 11.9. The summed E-state index contributed by atoms with van der Waals surface area (Å²) in [6, 6.07) is 7.70. The topological polar surface area (TPSA) is 61.4 Å². The van der Waals surface area contributed by atoms with E-state index in [0.29, 0.717) is 13.0 Å². The predicted molar refractivity (Wildman–Crippen MR) is 86.2 cm³/mol. The summed E-state index contributed by atoms with van der Waals surface area (Å²) in [5.41, 5.74) is 2.02. The number of rotatable bonds is 8. The molecular formula is C15H24N2O2S. The molecule has 0 bridgehead atoms. The summed E-state index contributed by atoms with van der Waals surface area (Å²) in [6.45, 7) is 4.85. The van der Waals surface area contributed by atoms with Crippen LogP contribution in [0.3, 0.4) is 0 Å². The Morgan fingerprint density at radius 3 is 2.95 bits per heavy atom. The maximum atomic E-state index is 11.8. The second-order valence-electron chi connectivity index (χ2n) is 4.79. The first-order chi connectivity index (χ1) is 9.65. The summed E-state index contributed by atoms with van der Waals surface area (Å²) < 4.78 is 0. The van der Waals surface area contributed by atoms with E-state index in [9.17, 15) is 4.79 Å². The summed E-state index contributed by atoms with van der Waals surface area (Å²) in [5.74, 6) is 2.32. The van der Waals surface area contributed by atoms with Crippen molar-refractivity contribution in [2.24, 2.45) is 5.92 Å². The number of carbonyl (C=O) groups excluding carboxylic acids is 1. The van der Waals surface area contributed by atoms with Crippen LogP contribution in [0, 0.1) is 5.92 Å². The molecule has 1 unspecified atom stereocenters. The Balaban J connectivity index is 2.41. The maximum Gasteiger partial charge on any atom is 0.319 e. The minimum atomic E-state index is -0.199.